The second-order valence-electron chi connectivity index (χ2n) is 3.54. The Morgan fingerprint density at radius 3 is 2.25 bits per heavy atom. The number of unbranched alkanes of at least 4 members (excludes halogenated alkanes) is 1. The van der Waals surface area contributed by atoms with Gasteiger partial charge in [0.1, 0.15) is 0 Å². The summed E-state index contributed by atoms with van der Waals surface area (Å²) in [6.07, 6.45) is 4.85. The first-order valence-corrected chi connectivity index (χ1v) is 6.72. The summed E-state index contributed by atoms with van der Waals surface area (Å²) in [5, 5.41) is 0.972. The topological polar surface area (TPSA) is 34.1 Å². The number of benzene rings is 1. The van der Waals surface area contributed by atoms with Crippen molar-refractivity contribution in [3.63, 3.8) is 0 Å². The fourth-order valence-electron chi connectivity index (χ4n) is 1.39. The van der Waals surface area contributed by atoms with Gasteiger partial charge in [-0.05, 0) is 37.0 Å². The van der Waals surface area contributed by atoms with Crippen LogP contribution in [0.2, 0.25) is 0 Å². The number of sulfone groups is 1. The largest absolute Gasteiger partial charge is 0.219 e. The van der Waals surface area contributed by atoms with Crippen LogP contribution in [0.15, 0.2) is 53.8 Å². The number of hydrogen-bond acceptors (Lipinski definition) is 2. The molecule has 0 amide bonds. The molecule has 86 valence electrons. The molecule has 2 nitrogen and oxygen atoms in total. The van der Waals surface area contributed by atoms with Gasteiger partial charge in [-0.15, -0.1) is 6.58 Å². The van der Waals surface area contributed by atoms with Gasteiger partial charge in [-0.25, -0.2) is 8.42 Å². The minimum atomic E-state index is -3.29. The van der Waals surface area contributed by atoms with Gasteiger partial charge >= 0.3 is 0 Å². The molecule has 0 bridgehead atoms. The fraction of sp³-hybridized carbons (Fsp3) is 0.231. The van der Waals surface area contributed by atoms with Gasteiger partial charge in [0.2, 0.25) is 0 Å². The molecular weight excluding hydrogens is 220 g/mol. The molecule has 1 aromatic carbocycles. The average molecular weight is 236 g/mol. The smallest absolute Gasteiger partial charge is 0.199 e. The highest BCUT2D eigenvalue weighted by atomic mass is 32.2. The van der Waals surface area contributed by atoms with Crippen LogP contribution in [-0.4, -0.2) is 8.42 Å². The van der Waals surface area contributed by atoms with E-state index in [0.717, 1.165) is 30.2 Å². The minimum Gasteiger partial charge on any atom is -0.219 e. The maximum absolute atomic E-state index is 11.4. The third kappa shape index (κ3) is 3.35. The molecule has 0 aliphatic carbocycles. The second kappa shape index (κ2) is 5.66. The maximum atomic E-state index is 11.4. The molecule has 3 heteroatoms. The first kappa shape index (κ1) is 12.7. The molecule has 0 saturated carbocycles. The minimum absolute atomic E-state index is 0.301. The number of allylic oxidation sites excluding steroid dienone is 1. The third-order valence-electron chi connectivity index (χ3n) is 2.35. The molecule has 16 heavy (non-hydrogen) atoms. The van der Waals surface area contributed by atoms with E-state index in [1.807, 2.05) is 18.2 Å². The van der Waals surface area contributed by atoms with E-state index < -0.39 is 9.84 Å². The summed E-state index contributed by atoms with van der Waals surface area (Å²) >= 11 is 0. The van der Waals surface area contributed by atoms with Crippen LogP contribution in [0.1, 0.15) is 18.4 Å². The normalized spacial score (nSPS) is 11.0. The second-order valence-corrected chi connectivity index (χ2v) is 5.43. The molecule has 0 atom stereocenters. The van der Waals surface area contributed by atoms with Crippen molar-refractivity contribution in [3.8, 4) is 0 Å². The summed E-state index contributed by atoms with van der Waals surface area (Å²) < 4.78 is 22.9. The molecular formula is C13H16O2S. The molecule has 0 N–H and O–H groups in total. The quantitative estimate of drug-likeness (QED) is 0.562. The van der Waals surface area contributed by atoms with Crippen LogP contribution >= 0.6 is 0 Å². The van der Waals surface area contributed by atoms with Crippen LogP contribution in [0.3, 0.4) is 0 Å². The highest BCUT2D eigenvalue weighted by molar-refractivity contribution is 7.94. The number of hydrogen-bond donors (Lipinski definition) is 0. The Morgan fingerprint density at radius 2 is 1.75 bits per heavy atom. The van der Waals surface area contributed by atoms with Crippen molar-refractivity contribution >= 4 is 9.84 Å². The van der Waals surface area contributed by atoms with E-state index in [1.54, 1.807) is 12.1 Å². The zero-order valence-electron chi connectivity index (χ0n) is 9.22. The summed E-state index contributed by atoms with van der Waals surface area (Å²) in [4.78, 5) is 0.301. The van der Waals surface area contributed by atoms with Crippen LogP contribution < -0.4 is 0 Å². The van der Waals surface area contributed by atoms with E-state index in [-0.39, 0.29) is 0 Å². The molecule has 0 radical (unpaired) electrons. The zero-order chi connectivity index (χ0) is 12.0. The highest BCUT2D eigenvalue weighted by Crippen LogP contribution is 2.14. The lowest BCUT2D eigenvalue weighted by Gasteiger charge is -2.02. The Morgan fingerprint density at radius 1 is 1.12 bits per heavy atom. The van der Waals surface area contributed by atoms with Crippen molar-refractivity contribution in [2.75, 3.05) is 0 Å². The van der Waals surface area contributed by atoms with E-state index >= 15 is 0 Å². The van der Waals surface area contributed by atoms with Crippen LogP contribution in [0.4, 0.5) is 0 Å². The molecule has 1 rings (SSSR count). The van der Waals surface area contributed by atoms with Gasteiger partial charge in [-0.1, -0.05) is 24.8 Å². The van der Waals surface area contributed by atoms with E-state index in [4.69, 9.17) is 0 Å². The van der Waals surface area contributed by atoms with Crippen LogP contribution in [0, 0.1) is 0 Å². The predicted octanol–water partition coefficient (Wildman–Crippen LogP) is 3.11. The summed E-state index contributed by atoms with van der Waals surface area (Å²) in [5.74, 6) is 0. The predicted molar refractivity (Wildman–Crippen MR) is 67.0 cm³/mol. The average Bonchev–Trinajstić information content (AvgIpc) is 2.30. The van der Waals surface area contributed by atoms with E-state index in [2.05, 4.69) is 13.2 Å². The summed E-state index contributed by atoms with van der Waals surface area (Å²) in [6.45, 7) is 6.95. The van der Waals surface area contributed by atoms with Gasteiger partial charge < -0.3 is 0 Å². The summed E-state index contributed by atoms with van der Waals surface area (Å²) in [7, 11) is -3.29. The van der Waals surface area contributed by atoms with E-state index in [0.29, 0.717) is 4.90 Å². The van der Waals surface area contributed by atoms with Gasteiger partial charge in [-0.3, -0.25) is 0 Å². The van der Waals surface area contributed by atoms with Crippen molar-refractivity contribution in [2.24, 2.45) is 0 Å². The van der Waals surface area contributed by atoms with Crippen molar-refractivity contribution in [3.05, 3.63) is 54.5 Å². The van der Waals surface area contributed by atoms with Gasteiger partial charge in [0.25, 0.3) is 0 Å². The lowest BCUT2D eigenvalue weighted by molar-refractivity contribution is 0.604. The summed E-state index contributed by atoms with van der Waals surface area (Å²) in [5.41, 5.74) is 1.14. The molecule has 0 saturated heterocycles. The molecule has 0 spiro atoms. The van der Waals surface area contributed by atoms with Crippen molar-refractivity contribution < 1.29 is 8.42 Å². The fourth-order valence-corrected chi connectivity index (χ4v) is 2.10. The monoisotopic (exact) mass is 236 g/mol. The molecule has 0 aliphatic rings. The molecule has 0 aliphatic heterocycles. The van der Waals surface area contributed by atoms with Gasteiger partial charge in [0, 0.05) is 5.41 Å². The molecule has 1 aromatic rings. The van der Waals surface area contributed by atoms with Crippen molar-refractivity contribution in [2.45, 2.75) is 24.2 Å². The molecule has 0 fully saturated rings. The van der Waals surface area contributed by atoms with Gasteiger partial charge in [-0.2, -0.15) is 0 Å². The summed E-state index contributed by atoms with van der Waals surface area (Å²) in [6, 6.07) is 6.94. The van der Waals surface area contributed by atoms with Gasteiger partial charge in [0.05, 0.1) is 4.90 Å². The van der Waals surface area contributed by atoms with Crippen LogP contribution in [0.25, 0.3) is 0 Å². The zero-order valence-corrected chi connectivity index (χ0v) is 10.0. The first-order valence-electron chi connectivity index (χ1n) is 5.17. The highest BCUT2D eigenvalue weighted by Gasteiger charge is 2.08. The first-order chi connectivity index (χ1) is 7.60. The number of rotatable bonds is 6. The SMILES string of the molecule is C=CCCCc1ccc(S(=O)(=O)C=C)cc1. The molecule has 0 heterocycles. The standard InChI is InChI=1S/C13H16O2S/c1-3-5-6-7-12-8-10-13(11-9-12)16(14,15)4-2/h3-4,8-11H,1-2,5-7H2. The van der Waals surface area contributed by atoms with Crippen LogP contribution in [-0.2, 0) is 16.3 Å². The molecule has 0 aromatic heterocycles. The van der Waals surface area contributed by atoms with Gasteiger partial charge in [0.15, 0.2) is 9.84 Å². The number of aryl methyl sites for hydroxylation is 1. The lowest BCUT2D eigenvalue weighted by atomic mass is 10.1. The Labute approximate surface area is 97.2 Å². The Balaban J connectivity index is 2.75. The van der Waals surface area contributed by atoms with Crippen molar-refractivity contribution in [1.82, 2.24) is 0 Å². The Bertz CT molecular complexity index is 455. The van der Waals surface area contributed by atoms with Crippen LogP contribution in [0.5, 0.6) is 0 Å². The Hall–Kier alpha value is -1.35. The maximum Gasteiger partial charge on any atom is 0.199 e. The lowest BCUT2D eigenvalue weighted by Crippen LogP contribution is -1.95. The third-order valence-corrected chi connectivity index (χ3v) is 3.71. The Kier molecular flexibility index (Phi) is 4.50. The van der Waals surface area contributed by atoms with Crippen molar-refractivity contribution in [1.29, 1.82) is 0 Å². The van der Waals surface area contributed by atoms with E-state index in [1.165, 1.54) is 0 Å². The van der Waals surface area contributed by atoms with E-state index in [9.17, 15) is 8.42 Å². The molecule has 0 unspecified atom stereocenters.